The standard InChI is InChI=1S/C14H18Cl2O3S/c1-10-8-12(19-7-5-6-15)11(14(2,3)4)9-13(10)20(16,17)18/h5-6,8-9H,7H2,1-4H3/b6-5+. The molecular formula is C14H18Cl2O3S. The lowest BCUT2D eigenvalue weighted by atomic mass is 9.86. The van der Waals surface area contributed by atoms with Gasteiger partial charge in [-0.2, -0.15) is 0 Å². The average Bonchev–Trinajstić information content (AvgIpc) is 2.25. The summed E-state index contributed by atoms with van der Waals surface area (Å²) in [6.45, 7) is 7.94. The van der Waals surface area contributed by atoms with Crippen LogP contribution in [-0.2, 0) is 14.5 Å². The van der Waals surface area contributed by atoms with Gasteiger partial charge >= 0.3 is 0 Å². The summed E-state index contributed by atoms with van der Waals surface area (Å²) in [7, 11) is 1.69. The topological polar surface area (TPSA) is 43.4 Å². The van der Waals surface area contributed by atoms with Crippen molar-refractivity contribution in [3.63, 3.8) is 0 Å². The SMILES string of the molecule is Cc1cc(OC/C=C/Cl)c(C(C)(C)C)cc1S(=O)(=O)Cl. The van der Waals surface area contributed by atoms with Crippen LogP contribution in [0.4, 0.5) is 0 Å². The van der Waals surface area contributed by atoms with Crippen LogP contribution >= 0.6 is 22.3 Å². The number of ether oxygens (including phenoxy) is 1. The molecule has 0 fully saturated rings. The van der Waals surface area contributed by atoms with Crippen LogP contribution in [-0.4, -0.2) is 15.0 Å². The van der Waals surface area contributed by atoms with E-state index in [0.717, 1.165) is 5.56 Å². The van der Waals surface area contributed by atoms with Gasteiger partial charge in [-0.15, -0.1) is 0 Å². The predicted octanol–water partition coefficient (Wildman–Crippen LogP) is 4.35. The number of aryl methyl sites for hydroxylation is 1. The van der Waals surface area contributed by atoms with Crippen molar-refractivity contribution in [3.8, 4) is 5.75 Å². The van der Waals surface area contributed by atoms with E-state index in [1.54, 1.807) is 25.1 Å². The molecular weight excluding hydrogens is 319 g/mol. The van der Waals surface area contributed by atoms with E-state index in [1.165, 1.54) is 5.54 Å². The third kappa shape index (κ3) is 4.40. The molecule has 3 nitrogen and oxygen atoms in total. The maximum Gasteiger partial charge on any atom is 0.261 e. The smallest absolute Gasteiger partial charge is 0.261 e. The van der Waals surface area contributed by atoms with E-state index in [4.69, 9.17) is 27.0 Å². The molecule has 0 saturated carbocycles. The third-order valence-electron chi connectivity index (χ3n) is 2.77. The first-order valence-electron chi connectivity index (χ1n) is 6.05. The molecule has 0 aliphatic carbocycles. The van der Waals surface area contributed by atoms with Gasteiger partial charge in [0.25, 0.3) is 9.05 Å². The van der Waals surface area contributed by atoms with Crippen molar-refractivity contribution in [3.05, 3.63) is 34.9 Å². The minimum atomic E-state index is -3.78. The maximum absolute atomic E-state index is 11.6. The van der Waals surface area contributed by atoms with Crippen molar-refractivity contribution >= 4 is 31.3 Å². The molecule has 1 aromatic rings. The summed E-state index contributed by atoms with van der Waals surface area (Å²) < 4.78 is 28.8. The second-order valence-electron chi connectivity index (χ2n) is 5.47. The van der Waals surface area contributed by atoms with Crippen molar-refractivity contribution in [1.29, 1.82) is 0 Å². The van der Waals surface area contributed by atoms with E-state index in [2.05, 4.69) is 0 Å². The van der Waals surface area contributed by atoms with E-state index in [-0.39, 0.29) is 10.3 Å². The molecule has 0 bridgehead atoms. The lowest BCUT2D eigenvalue weighted by Gasteiger charge is -2.24. The summed E-state index contributed by atoms with van der Waals surface area (Å²) in [4.78, 5) is 0.115. The Morgan fingerprint density at radius 3 is 2.35 bits per heavy atom. The Morgan fingerprint density at radius 2 is 1.90 bits per heavy atom. The van der Waals surface area contributed by atoms with Gasteiger partial charge in [-0.3, -0.25) is 0 Å². The molecule has 0 unspecified atom stereocenters. The molecule has 0 N–H and O–H groups in total. The highest BCUT2D eigenvalue weighted by Gasteiger charge is 2.24. The van der Waals surface area contributed by atoms with Gasteiger partial charge in [0.1, 0.15) is 12.4 Å². The summed E-state index contributed by atoms with van der Waals surface area (Å²) in [5.74, 6) is 0.633. The van der Waals surface area contributed by atoms with Gasteiger partial charge in [0.2, 0.25) is 0 Å². The third-order valence-corrected chi connectivity index (χ3v) is 4.41. The molecule has 0 saturated heterocycles. The Hall–Kier alpha value is -0.710. The number of rotatable bonds is 4. The van der Waals surface area contributed by atoms with E-state index >= 15 is 0 Å². The van der Waals surface area contributed by atoms with Gasteiger partial charge in [-0.25, -0.2) is 8.42 Å². The molecule has 0 spiro atoms. The number of hydrogen-bond donors (Lipinski definition) is 0. The molecule has 0 amide bonds. The zero-order valence-corrected chi connectivity index (χ0v) is 14.2. The largest absolute Gasteiger partial charge is 0.489 e. The molecule has 0 atom stereocenters. The first-order valence-corrected chi connectivity index (χ1v) is 8.79. The van der Waals surface area contributed by atoms with Gasteiger partial charge in [-0.1, -0.05) is 32.4 Å². The number of halogens is 2. The molecule has 20 heavy (non-hydrogen) atoms. The van der Waals surface area contributed by atoms with Crippen LogP contribution in [0.2, 0.25) is 0 Å². The fourth-order valence-corrected chi connectivity index (χ4v) is 3.08. The van der Waals surface area contributed by atoms with Gasteiger partial charge in [0.05, 0.1) is 4.90 Å². The van der Waals surface area contributed by atoms with E-state index in [1.807, 2.05) is 20.8 Å². The molecule has 0 aliphatic rings. The van der Waals surface area contributed by atoms with Crippen LogP contribution in [0.3, 0.4) is 0 Å². The van der Waals surface area contributed by atoms with Crippen molar-refractivity contribution in [2.45, 2.75) is 38.0 Å². The minimum Gasteiger partial charge on any atom is -0.489 e. The van der Waals surface area contributed by atoms with Gasteiger partial charge in [0, 0.05) is 21.8 Å². The summed E-state index contributed by atoms with van der Waals surface area (Å²) >= 11 is 5.46. The summed E-state index contributed by atoms with van der Waals surface area (Å²) in [6, 6.07) is 3.27. The van der Waals surface area contributed by atoms with Crippen molar-refractivity contribution in [2.75, 3.05) is 6.61 Å². The first kappa shape index (κ1) is 17.3. The van der Waals surface area contributed by atoms with Gasteiger partial charge < -0.3 is 4.74 Å². The summed E-state index contributed by atoms with van der Waals surface area (Å²) in [5.41, 5.74) is 2.44. The Morgan fingerprint density at radius 1 is 1.30 bits per heavy atom. The fourth-order valence-electron chi connectivity index (χ4n) is 1.80. The lowest BCUT2D eigenvalue weighted by molar-refractivity contribution is 0.350. The van der Waals surface area contributed by atoms with Crippen LogP contribution < -0.4 is 4.74 Å². The minimum absolute atomic E-state index is 0.115. The molecule has 0 aromatic heterocycles. The Labute approximate surface area is 130 Å². The number of hydrogen-bond acceptors (Lipinski definition) is 3. The Kier molecular flexibility index (Phi) is 5.53. The molecule has 1 rings (SSSR count). The molecule has 0 aliphatic heterocycles. The molecule has 1 aromatic carbocycles. The van der Waals surface area contributed by atoms with Crippen LogP contribution in [0.15, 0.2) is 28.6 Å². The molecule has 112 valence electrons. The molecule has 6 heteroatoms. The lowest BCUT2D eigenvalue weighted by Crippen LogP contribution is -2.15. The predicted molar refractivity (Wildman–Crippen MR) is 83.4 cm³/mol. The average molecular weight is 337 g/mol. The maximum atomic E-state index is 11.6. The number of benzene rings is 1. The fraction of sp³-hybridized carbons (Fsp3) is 0.429. The Balaban J connectivity index is 3.41. The summed E-state index contributed by atoms with van der Waals surface area (Å²) in [5, 5.41) is 0. The van der Waals surface area contributed by atoms with Crippen LogP contribution in [0.25, 0.3) is 0 Å². The second-order valence-corrected chi connectivity index (χ2v) is 8.26. The highest BCUT2D eigenvalue weighted by Crippen LogP contribution is 2.36. The quantitative estimate of drug-likeness (QED) is 0.767. The van der Waals surface area contributed by atoms with Gasteiger partial charge in [-0.05, 0) is 36.1 Å². The van der Waals surface area contributed by atoms with E-state index in [9.17, 15) is 8.42 Å². The zero-order chi connectivity index (χ0) is 15.6. The van der Waals surface area contributed by atoms with E-state index < -0.39 is 9.05 Å². The molecule has 0 heterocycles. The molecule has 0 radical (unpaired) electrons. The van der Waals surface area contributed by atoms with Crippen LogP contribution in [0, 0.1) is 6.92 Å². The van der Waals surface area contributed by atoms with Crippen LogP contribution in [0.5, 0.6) is 5.75 Å². The Bertz CT molecular complexity index is 614. The summed E-state index contributed by atoms with van der Waals surface area (Å²) in [6.07, 6.45) is 1.66. The first-order chi connectivity index (χ1) is 9.07. The van der Waals surface area contributed by atoms with Crippen LogP contribution in [0.1, 0.15) is 31.9 Å². The monoisotopic (exact) mass is 336 g/mol. The zero-order valence-electron chi connectivity index (χ0n) is 11.9. The normalized spacial score (nSPS) is 12.9. The van der Waals surface area contributed by atoms with Crippen molar-refractivity contribution < 1.29 is 13.2 Å². The van der Waals surface area contributed by atoms with Crippen molar-refractivity contribution in [2.24, 2.45) is 0 Å². The highest BCUT2D eigenvalue weighted by molar-refractivity contribution is 8.13. The second kappa shape index (κ2) is 6.37. The highest BCUT2D eigenvalue weighted by atomic mass is 35.7. The van der Waals surface area contributed by atoms with Crippen molar-refractivity contribution in [1.82, 2.24) is 0 Å². The van der Waals surface area contributed by atoms with E-state index in [0.29, 0.717) is 17.9 Å². The van der Waals surface area contributed by atoms with Gasteiger partial charge in [0.15, 0.2) is 0 Å².